The number of carbonyl (C=O) groups excluding carboxylic acids is 1. The molecule has 1 amide bonds. The standard InChI is InChI=1S/C18H28N4O/c1-13-6-3-4-8-16(13)21-17(23)15-7-5-11-22(12-15)18-19-10-9-14(2)20-18/h9-10,13,15-16H,3-8,11-12H2,1-2H3,(H,21,23)/t13-,15+,16+/m0/s1. The van der Waals surface area contributed by atoms with E-state index in [0.29, 0.717) is 12.0 Å². The zero-order valence-corrected chi connectivity index (χ0v) is 14.3. The van der Waals surface area contributed by atoms with Crippen LogP contribution in [0.1, 0.15) is 51.1 Å². The molecule has 1 N–H and O–H groups in total. The summed E-state index contributed by atoms with van der Waals surface area (Å²) in [5.41, 5.74) is 0.970. The first-order valence-electron chi connectivity index (χ1n) is 8.98. The van der Waals surface area contributed by atoms with Crippen LogP contribution < -0.4 is 10.2 Å². The van der Waals surface area contributed by atoms with Gasteiger partial charge in [-0.1, -0.05) is 19.8 Å². The van der Waals surface area contributed by atoms with Crippen molar-refractivity contribution in [3.63, 3.8) is 0 Å². The van der Waals surface area contributed by atoms with E-state index in [1.54, 1.807) is 6.20 Å². The lowest BCUT2D eigenvalue weighted by atomic mass is 9.85. The molecule has 1 aromatic heterocycles. The van der Waals surface area contributed by atoms with Gasteiger partial charge in [-0.05, 0) is 44.6 Å². The summed E-state index contributed by atoms with van der Waals surface area (Å²) < 4.78 is 0. The van der Waals surface area contributed by atoms with Crippen molar-refractivity contribution in [2.75, 3.05) is 18.0 Å². The van der Waals surface area contributed by atoms with Crippen LogP contribution in [0.25, 0.3) is 0 Å². The van der Waals surface area contributed by atoms with Crippen LogP contribution >= 0.6 is 0 Å². The van der Waals surface area contributed by atoms with E-state index in [9.17, 15) is 4.79 Å². The summed E-state index contributed by atoms with van der Waals surface area (Å²) in [6.45, 7) is 5.91. The van der Waals surface area contributed by atoms with Gasteiger partial charge in [0.1, 0.15) is 0 Å². The van der Waals surface area contributed by atoms with Gasteiger partial charge in [0.2, 0.25) is 11.9 Å². The number of piperidine rings is 1. The molecule has 5 heteroatoms. The Bertz CT molecular complexity index is 548. The van der Waals surface area contributed by atoms with Crippen molar-refractivity contribution in [1.82, 2.24) is 15.3 Å². The molecule has 0 bridgehead atoms. The van der Waals surface area contributed by atoms with Gasteiger partial charge < -0.3 is 10.2 Å². The molecule has 1 aromatic rings. The Labute approximate surface area is 138 Å². The van der Waals surface area contributed by atoms with E-state index in [-0.39, 0.29) is 11.8 Å². The fraction of sp³-hybridized carbons (Fsp3) is 0.722. The van der Waals surface area contributed by atoms with Crippen LogP contribution in [0.4, 0.5) is 5.95 Å². The number of nitrogens with one attached hydrogen (secondary N) is 1. The van der Waals surface area contributed by atoms with E-state index in [4.69, 9.17) is 0 Å². The molecule has 3 atom stereocenters. The highest BCUT2D eigenvalue weighted by Gasteiger charge is 2.30. The molecule has 0 unspecified atom stereocenters. The highest BCUT2D eigenvalue weighted by molar-refractivity contribution is 5.79. The largest absolute Gasteiger partial charge is 0.353 e. The minimum atomic E-state index is 0.0574. The average Bonchev–Trinajstić information content (AvgIpc) is 2.57. The molecule has 1 saturated heterocycles. The predicted octanol–water partition coefficient (Wildman–Crippen LogP) is 2.70. The molecular formula is C18H28N4O. The van der Waals surface area contributed by atoms with Crippen LogP contribution in [0.15, 0.2) is 12.3 Å². The number of aromatic nitrogens is 2. The quantitative estimate of drug-likeness (QED) is 0.931. The fourth-order valence-corrected chi connectivity index (χ4v) is 3.79. The molecular weight excluding hydrogens is 288 g/mol. The summed E-state index contributed by atoms with van der Waals surface area (Å²) in [5, 5.41) is 3.32. The number of anilines is 1. The summed E-state index contributed by atoms with van der Waals surface area (Å²) in [7, 11) is 0. The Morgan fingerprint density at radius 2 is 2.09 bits per heavy atom. The van der Waals surface area contributed by atoms with Gasteiger partial charge in [0.15, 0.2) is 0 Å². The molecule has 1 aliphatic heterocycles. The van der Waals surface area contributed by atoms with Crippen LogP contribution in [-0.4, -0.2) is 35.0 Å². The Morgan fingerprint density at radius 3 is 2.87 bits per heavy atom. The van der Waals surface area contributed by atoms with Crippen LogP contribution in [-0.2, 0) is 4.79 Å². The van der Waals surface area contributed by atoms with Gasteiger partial charge in [-0.3, -0.25) is 4.79 Å². The molecule has 0 radical (unpaired) electrons. The van der Waals surface area contributed by atoms with E-state index in [1.165, 1.54) is 19.3 Å². The summed E-state index contributed by atoms with van der Waals surface area (Å²) in [6, 6.07) is 2.27. The molecule has 2 fully saturated rings. The van der Waals surface area contributed by atoms with E-state index in [1.807, 2.05) is 13.0 Å². The van der Waals surface area contributed by atoms with Gasteiger partial charge in [0.05, 0.1) is 5.92 Å². The van der Waals surface area contributed by atoms with E-state index >= 15 is 0 Å². The summed E-state index contributed by atoms with van der Waals surface area (Å²) in [6.07, 6.45) is 8.69. The second-order valence-corrected chi connectivity index (χ2v) is 7.16. The molecule has 0 aromatic carbocycles. The van der Waals surface area contributed by atoms with Crippen molar-refractivity contribution >= 4 is 11.9 Å². The molecule has 23 heavy (non-hydrogen) atoms. The Hall–Kier alpha value is -1.65. The topological polar surface area (TPSA) is 58.1 Å². The highest BCUT2D eigenvalue weighted by atomic mass is 16.2. The summed E-state index contributed by atoms with van der Waals surface area (Å²) >= 11 is 0. The number of aryl methyl sites for hydroxylation is 1. The average molecular weight is 316 g/mol. The molecule has 1 aliphatic carbocycles. The first kappa shape index (κ1) is 16.2. The van der Waals surface area contributed by atoms with Gasteiger partial charge in [-0.25, -0.2) is 9.97 Å². The first-order chi connectivity index (χ1) is 11.1. The lowest BCUT2D eigenvalue weighted by Gasteiger charge is -2.35. The molecule has 3 rings (SSSR count). The third-order valence-electron chi connectivity index (χ3n) is 5.30. The van der Waals surface area contributed by atoms with Crippen LogP contribution in [0, 0.1) is 18.8 Å². The zero-order valence-electron chi connectivity index (χ0n) is 14.3. The van der Waals surface area contributed by atoms with Gasteiger partial charge in [-0.2, -0.15) is 0 Å². The minimum absolute atomic E-state index is 0.0574. The number of nitrogens with zero attached hydrogens (tertiary/aromatic N) is 3. The highest BCUT2D eigenvalue weighted by Crippen LogP contribution is 2.25. The maximum Gasteiger partial charge on any atom is 0.225 e. The molecule has 2 heterocycles. The van der Waals surface area contributed by atoms with Crippen molar-refractivity contribution < 1.29 is 4.79 Å². The van der Waals surface area contributed by atoms with Gasteiger partial charge in [0, 0.05) is 31.0 Å². The predicted molar refractivity (Wildman–Crippen MR) is 91.3 cm³/mol. The number of rotatable bonds is 3. The van der Waals surface area contributed by atoms with E-state index in [0.717, 1.165) is 44.0 Å². The first-order valence-corrected chi connectivity index (χ1v) is 8.98. The van der Waals surface area contributed by atoms with Crippen LogP contribution in [0.2, 0.25) is 0 Å². The number of carbonyl (C=O) groups is 1. The molecule has 1 saturated carbocycles. The number of amides is 1. The molecule has 126 valence electrons. The van der Waals surface area contributed by atoms with Crippen LogP contribution in [0.5, 0.6) is 0 Å². The van der Waals surface area contributed by atoms with Crippen molar-refractivity contribution in [3.8, 4) is 0 Å². The lowest BCUT2D eigenvalue weighted by Crippen LogP contribution is -2.48. The fourth-order valence-electron chi connectivity index (χ4n) is 3.79. The van der Waals surface area contributed by atoms with Gasteiger partial charge in [-0.15, -0.1) is 0 Å². The smallest absolute Gasteiger partial charge is 0.225 e. The minimum Gasteiger partial charge on any atom is -0.353 e. The molecule has 2 aliphatic rings. The summed E-state index contributed by atoms with van der Waals surface area (Å²) in [4.78, 5) is 23.7. The monoisotopic (exact) mass is 316 g/mol. The summed E-state index contributed by atoms with van der Waals surface area (Å²) in [5.74, 6) is 1.64. The van der Waals surface area contributed by atoms with Crippen molar-refractivity contribution in [2.24, 2.45) is 11.8 Å². The Kier molecular flexibility index (Phi) is 5.13. The van der Waals surface area contributed by atoms with Crippen molar-refractivity contribution in [2.45, 2.75) is 58.4 Å². The normalized spacial score (nSPS) is 28.4. The Morgan fingerprint density at radius 1 is 1.26 bits per heavy atom. The number of hydrogen-bond donors (Lipinski definition) is 1. The Balaban J connectivity index is 1.60. The molecule has 0 spiro atoms. The van der Waals surface area contributed by atoms with E-state index in [2.05, 4.69) is 27.1 Å². The maximum absolute atomic E-state index is 12.7. The van der Waals surface area contributed by atoms with Gasteiger partial charge in [0.25, 0.3) is 0 Å². The third kappa shape index (κ3) is 4.01. The maximum atomic E-state index is 12.7. The van der Waals surface area contributed by atoms with Crippen molar-refractivity contribution in [1.29, 1.82) is 0 Å². The third-order valence-corrected chi connectivity index (χ3v) is 5.30. The zero-order chi connectivity index (χ0) is 16.2. The SMILES string of the molecule is Cc1ccnc(N2CCC[C@@H](C(=O)N[C@@H]3CCCC[C@@H]3C)C2)n1. The second-order valence-electron chi connectivity index (χ2n) is 7.16. The van der Waals surface area contributed by atoms with E-state index < -0.39 is 0 Å². The molecule has 5 nitrogen and oxygen atoms in total. The van der Waals surface area contributed by atoms with Gasteiger partial charge >= 0.3 is 0 Å². The van der Waals surface area contributed by atoms with Crippen LogP contribution in [0.3, 0.4) is 0 Å². The number of hydrogen-bond acceptors (Lipinski definition) is 4. The second kappa shape index (κ2) is 7.28. The van der Waals surface area contributed by atoms with Crippen molar-refractivity contribution in [3.05, 3.63) is 18.0 Å². The lowest BCUT2D eigenvalue weighted by molar-refractivity contribution is -0.126.